The predicted molar refractivity (Wildman–Crippen MR) is 40.7 cm³/mol. The summed E-state index contributed by atoms with van der Waals surface area (Å²) in [5.41, 5.74) is 0. The molecule has 0 aliphatic rings. The van der Waals surface area contributed by atoms with Crippen molar-refractivity contribution in [2.24, 2.45) is 0 Å². The van der Waals surface area contributed by atoms with Crippen molar-refractivity contribution in [3.05, 3.63) is 0 Å². The third kappa shape index (κ3) is 12.0. The molecule has 0 aliphatic heterocycles. The molecule has 0 bridgehead atoms. The van der Waals surface area contributed by atoms with E-state index < -0.39 is 0 Å². The van der Waals surface area contributed by atoms with Crippen LogP contribution in [0.1, 0.15) is 32.6 Å². The van der Waals surface area contributed by atoms with Crippen LogP contribution in [0.25, 0.3) is 0 Å². The average Bonchev–Trinajstić information content (AvgIpc) is 1.81. The quantitative estimate of drug-likeness (QED) is 0.582. The van der Waals surface area contributed by atoms with Gasteiger partial charge in [-0.1, -0.05) is 26.2 Å². The molecule has 0 rings (SSSR count). The summed E-state index contributed by atoms with van der Waals surface area (Å²) in [7, 11) is 2.01. The Bertz CT molecular complexity index is 38.0. The first-order valence-corrected chi connectivity index (χ1v) is 3.56. The maximum absolute atomic E-state index is 3.13. The third-order valence-electron chi connectivity index (χ3n) is 1.28. The molecule has 9 heavy (non-hydrogen) atoms. The minimum atomic E-state index is 0. The molecule has 0 heterocycles. The van der Waals surface area contributed by atoms with Crippen LogP contribution in [0.4, 0.5) is 0 Å². The largest absolute Gasteiger partial charge is 0.362 e. The molecule has 3 heteroatoms. The second-order valence-electron chi connectivity index (χ2n) is 2.16. The van der Waals surface area contributed by atoms with E-state index in [0.29, 0.717) is 0 Å². The molecule has 0 unspecified atom stereocenters. The van der Waals surface area contributed by atoms with Gasteiger partial charge in [-0.15, -0.1) is 0 Å². The van der Waals surface area contributed by atoms with Gasteiger partial charge in [0.1, 0.15) is 0 Å². The fourth-order valence-corrected chi connectivity index (χ4v) is 0.729. The third-order valence-corrected chi connectivity index (χ3v) is 1.28. The number of hydrogen-bond acceptors (Lipinski definition) is 1. The molecule has 0 radical (unpaired) electrons. The Labute approximate surface area is 73.7 Å². The van der Waals surface area contributed by atoms with Gasteiger partial charge in [-0.3, -0.25) is 0 Å². The summed E-state index contributed by atoms with van der Waals surface area (Å²) >= 11 is 0. The van der Waals surface area contributed by atoms with Crippen molar-refractivity contribution in [1.29, 1.82) is 0 Å². The van der Waals surface area contributed by atoms with Crippen LogP contribution in [0.2, 0.25) is 0 Å². The first-order valence-electron chi connectivity index (χ1n) is 3.56. The Kier molecular flexibility index (Phi) is 15.8. The molecule has 0 atom stereocenters. The molecule has 0 saturated heterocycles. The summed E-state index contributed by atoms with van der Waals surface area (Å²) in [4.78, 5) is 0. The second-order valence-corrected chi connectivity index (χ2v) is 2.16. The van der Waals surface area contributed by atoms with Crippen molar-refractivity contribution in [1.82, 2.24) is 5.23 Å². The summed E-state index contributed by atoms with van der Waals surface area (Å²) in [5.74, 6) is 0. The molecule has 1 nitrogen and oxygen atoms in total. The van der Waals surface area contributed by atoms with Crippen LogP contribution in [-0.2, 0) is 21.1 Å². The van der Waals surface area contributed by atoms with Crippen LogP contribution < -0.4 is 5.23 Å². The molecule has 0 aromatic heterocycles. The van der Waals surface area contributed by atoms with E-state index in [0.717, 1.165) is 0 Å². The summed E-state index contributed by atoms with van der Waals surface area (Å²) < 4.78 is 0. The van der Waals surface area contributed by atoms with Gasteiger partial charge in [-0.05, 0) is 13.0 Å². The van der Waals surface area contributed by atoms with Crippen molar-refractivity contribution >= 4 is 7.98 Å². The standard InChI is InChI=1S/C6H16BN.W/c1-2-3-4-5-6-8-7;/h8H,2-7H2,1H3;. The minimum Gasteiger partial charge on any atom is -0.362 e. The number of hydrogen-bond donors (Lipinski definition) is 1. The van der Waals surface area contributed by atoms with Gasteiger partial charge < -0.3 is 5.23 Å². The Balaban J connectivity index is 0. The monoisotopic (exact) mass is 297 g/mol. The van der Waals surface area contributed by atoms with Crippen molar-refractivity contribution in [3.63, 3.8) is 0 Å². The van der Waals surface area contributed by atoms with E-state index in [2.05, 4.69) is 12.2 Å². The summed E-state index contributed by atoms with van der Waals surface area (Å²) in [5, 5.41) is 3.13. The summed E-state index contributed by atoms with van der Waals surface area (Å²) in [6.45, 7) is 3.42. The molecule has 0 spiro atoms. The Morgan fingerprint density at radius 3 is 2.33 bits per heavy atom. The predicted octanol–water partition coefficient (Wildman–Crippen LogP) is 0.702. The van der Waals surface area contributed by atoms with E-state index in [-0.39, 0.29) is 21.1 Å². The Morgan fingerprint density at radius 1 is 1.22 bits per heavy atom. The van der Waals surface area contributed by atoms with Gasteiger partial charge in [0.05, 0.1) is 0 Å². The van der Waals surface area contributed by atoms with Gasteiger partial charge in [0, 0.05) is 21.1 Å². The maximum atomic E-state index is 3.13. The zero-order valence-electron chi connectivity index (χ0n) is 6.44. The molecule has 0 aromatic carbocycles. The molecule has 54 valence electrons. The molecule has 0 amide bonds. The maximum Gasteiger partial charge on any atom is 0.181 e. The van der Waals surface area contributed by atoms with E-state index in [1.165, 1.54) is 32.2 Å². The van der Waals surface area contributed by atoms with Crippen LogP contribution in [0.5, 0.6) is 0 Å². The van der Waals surface area contributed by atoms with Crippen LogP contribution in [0.3, 0.4) is 0 Å². The van der Waals surface area contributed by atoms with Gasteiger partial charge in [0.15, 0.2) is 7.98 Å². The molecular formula is C6H16BNW. The zero-order valence-corrected chi connectivity index (χ0v) is 9.38. The Morgan fingerprint density at radius 2 is 1.89 bits per heavy atom. The van der Waals surface area contributed by atoms with E-state index >= 15 is 0 Å². The topological polar surface area (TPSA) is 12.0 Å². The molecular weight excluding hydrogens is 281 g/mol. The molecule has 0 aliphatic carbocycles. The van der Waals surface area contributed by atoms with Crippen LogP contribution in [0.15, 0.2) is 0 Å². The SMILES string of the molecule is BNCCCCCC.[W]. The first kappa shape index (κ1) is 12.4. The smallest absolute Gasteiger partial charge is 0.181 e. The van der Waals surface area contributed by atoms with Crippen molar-refractivity contribution < 1.29 is 21.1 Å². The van der Waals surface area contributed by atoms with Crippen LogP contribution >= 0.6 is 0 Å². The second kappa shape index (κ2) is 11.5. The van der Waals surface area contributed by atoms with Gasteiger partial charge in [0.2, 0.25) is 0 Å². The van der Waals surface area contributed by atoms with Gasteiger partial charge in [-0.2, -0.15) is 0 Å². The van der Waals surface area contributed by atoms with E-state index in [9.17, 15) is 0 Å². The Hall–Kier alpha value is 0.713. The van der Waals surface area contributed by atoms with Crippen molar-refractivity contribution in [2.45, 2.75) is 32.6 Å². The molecule has 0 fully saturated rings. The summed E-state index contributed by atoms with van der Waals surface area (Å²) in [6.07, 6.45) is 5.45. The van der Waals surface area contributed by atoms with Gasteiger partial charge in [0.25, 0.3) is 0 Å². The fourth-order valence-electron chi connectivity index (χ4n) is 0.729. The average molecular weight is 297 g/mol. The summed E-state index contributed by atoms with van der Waals surface area (Å²) in [6, 6.07) is 0. The van der Waals surface area contributed by atoms with E-state index in [4.69, 9.17) is 0 Å². The molecule has 1 N–H and O–H groups in total. The van der Waals surface area contributed by atoms with Crippen LogP contribution in [-0.4, -0.2) is 14.5 Å². The number of unbranched alkanes of at least 4 members (excludes halogenated alkanes) is 3. The first-order chi connectivity index (χ1) is 3.91. The van der Waals surface area contributed by atoms with Crippen molar-refractivity contribution in [2.75, 3.05) is 6.54 Å². The number of rotatable bonds is 5. The van der Waals surface area contributed by atoms with E-state index in [1.54, 1.807) is 0 Å². The molecule has 0 saturated carbocycles. The van der Waals surface area contributed by atoms with Gasteiger partial charge >= 0.3 is 0 Å². The van der Waals surface area contributed by atoms with Crippen molar-refractivity contribution in [3.8, 4) is 0 Å². The van der Waals surface area contributed by atoms with E-state index in [1.807, 2.05) is 7.98 Å². The fraction of sp³-hybridized carbons (Fsp3) is 1.00. The minimum absolute atomic E-state index is 0. The van der Waals surface area contributed by atoms with Gasteiger partial charge in [-0.25, -0.2) is 0 Å². The number of nitrogens with one attached hydrogen (secondary N) is 1. The zero-order chi connectivity index (χ0) is 6.24. The van der Waals surface area contributed by atoms with Crippen LogP contribution in [0, 0.1) is 0 Å². The normalized spacial score (nSPS) is 8.56. The molecule has 0 aromatic rings.